The van der Waals surface area contributed by atoms with Gasteiger partial charge < -0.3 is 5.73 Å². The first-order valence-corrected chi connectivity index (χ1v) is 4.17. The molecule has 0 radical (unpaired) electrons. The molecule has 0 fully saturated rings. The minimum absolute atomic E-state index is 0.421. The van der Waals surface area contributed by atoms with E-state index < -0.39 is 0 Å². The molecule has 0 aromatic rings. The lowest BCUT2D eigenvalue weighted by Gasteiger charge is -2.07. The van der Waals surface area contributed by atoms with Crippen molar-refractivity contribution >= 4 is 0 Å². The molecule has 0 saturated heterocycles. The molecule has 0 aliphatic carbocycles. The summed E-state index contributed by atoms with van der Waals surface area (Å²) in [7, 11) is 0. The van der Waals surface area contributed by atoms with Crippen LogP contribution in [0.15, 0.2) is 12.7 Å². The molecule has 0 aromatic heterocycles. The summed E-state index contributed by atoms with van der Waals surface area (Å²) in [6, 6.07) is 0.421. The molecular weight excluding hydrogens is 122 g/mol. The Morgan fingerprint density at radius 1 is 1.50 bits per heavy atom. The van der Waals surface area contributed by atoms with Gasteiger partial charge in [-0.1, -0.05) is 19.4 Å². The fourth-order valence-corrected chi connectivity index (χ4v) is 1.04. The van der Waals surface area contributed by atoms with Gasteiger partial charge in [0.15, 0.2) is 0 Å². The molecule has 1 atom stereocenters. The molecular formula is C9H19N. The van der Waals surface area contributed by atoms with Gasteiger partial charge in [-0.2, -0.15) is 0 Å². The Kier molecular flexibility index (Phi) is 6.61. The highest BCUT2D eigenvalue weighted by atomic mass is 14.6. The Labute approximate surface area is 64.3 Å². The molecule has 0 spiro atoms. The zero-order valence-corrected chi connectivity index (χ0v) is 6.97. The number of rotatable bonds is 6. The molecule has 0 aromatic carbocycles. The molecule has 0 rings (SSSR count). The van der Waals surface area contributed by atoms with Gasteiger partial charge in [-0.05, 0) is 25.7 Å². The highest BCUT2D eigenvalue weighted by Gasteiger charge is 1.98. The van der Waals surface area contributed by atoms with Crippen LogP contribution in [-0.4, -0.2) is 6.04 Å². The maximum atomic E-state index is 5.79. The van der Waals surface area contributed by atoms with Crippen molar-refractivity contribution in [2.45, 2.75) is 45.1 Å². The van der Waals surface area contributed by atoms with Crippen molar-refractivity contribution in [2.24, 2.45) is 5.73 Å². The van der Waals surface area contributed by atoms with Gasteiger partial charge in [-0.15, -0.1) is 6.58 Å². The first-order valence-electron chi connectivity index (χ1n) is 4.17. The molecule has 0 amide bonds. The van der Waals surface area contributed by atoms with Crippen LogP contribution < -0.4 is 5.73 Å². The second-order valence-corrected chi connectivity index (χ2v) is 2.77. The Balaban J connectivity index is 3.04. The predicted molar refractivity (Wildman–Crippen MR) is 46.9 cm³/mol. The molecule has 10 heavy (non-hydrogen) atoms. The molecule has 0 unspecified atom stereocenters. The smallest absolute Gasteiger partial charge is 0.00388 e. The van der Waals surface area contributed by atoms with Gasteiger partial charge in [0.05, 0.1) is 0 Å². The Morgan fingerprint density at radius 2 is 2.20 bits per heavy atom. The van der Waals surface area contributed by atoms with E-state index in [9.17, 15) is 0 Å². The van der Waals surface area contributed by atoms with Gasteiger partial charge in [0.2, 0.25) is 0 Å². The average molecular weight is 141 g/mol. The quantitative estimate of drug-likeness (QED) is 0.446. The van der Waals surface area contributed by atoms with Crippen molar-refractivity contribution in [3.8, 4) is 0 Å². The molecule has 2 N–H and O–H groups in total. The van der Waals surface area contributed by atoms with E-state index in [1.807, 2.05) is 6.08 Å². The number of hydrogen-bond donors (Lipinski definition) is 1. The minimum Gasteiger partial charge on any atom is -0.328 e. The monoisotopic (exact) mass is 141 g/mol. The molecule has 60 valence electrons. The Morgan fingerprint density at radius 3 is 2.70 bits per heavy atom. The van der Waals surface area contributed by atoms with Crippen molar-refractivity contribution < 1.29 is 0 Å². The van der Waals surface area contributed by atoms with Gasteiger partial charge in [0.25, 0.3) is 0 Å². The van der Waals surface area contributed by atoms with E-state index in [2.05, 4.69) is 13.5 Å². The molecule has 1 nitrogen and oxygen atoms in total. The van der Waals surface area contributed by atoms with Gasteiger partial charge in [0, 0.05) is 6.04 Å². The van der Waals surface area contributed by atoms with Crippen LogP contribution >= 0.6 is 0 Å². The number of nitrogens with two attached hydrogens (primary N) is 1. The lowest BCUT2D eigenvalue weighted by atomic mass is 10.1. The topological polar surface area (TPSA) is 26.0 Å². The van der Waals surface area contributed by atoms with E-state index in [1.54, 1.807) is 0 Å². The predicted octanol–water partition coefficient (Wildman–Crippen LogP) is 2.47. The van der Waals surface area contributed by atoms with Gasteiger partial charge in [0.1, 0.15) is 0 Å². The van der Waals surface area contributed by atoms with Crippen LogP contribution in [0.2, 0.25) is 0 Å². The summed E-state index contributed by atoms with van der Waals surface area (Å²) in [6.07, 6.45) is 7.78. The molecule has 0 aliphatic rings. The summed E-state index contributed by atoms with van der Waals surface area (Å²) in [6.45, 7) is 5.84. The van der Waals surface area contributed by atoms with Gasteiger partial charge in [-0.25, -0.2) is 0 Å². The van der Waals surface area contributed by atoms with E-state index in [0.717, 1.165) is 19.3 Å². The van der Waals surface area contributed by atoms with Crippen LogP contribution in [0.4, 0.5) is 0 Å². The second kappa shape index (κ2) is 6.81. The zero-order valence-electron chi connectivity index (χ0n) is 6.97. The van der Waals surface area contributed by atoms with E-state index in [1.165, 1.54) is 12.8 Å². The molecule has 0 saturated carbocycles. The summed E-state index contributed by atoms with van der Waals surface area (Å²) in [4.78, 5) is 0. The molecule has 0 heterocycles. The van der Waals surface area contributed by atoms with Crippen LogP contribution in [-0.2, 0) is 0 Å². The van der Waals surface area contributed by atoms with Crippen LogP contribution in [0.25, 0.3) is 0 Å². The van der Waals surface area contributed by atoms with Crippen molar-refractivity contribution in [1.82, 2.24) is 0 Å². The minimum atomic E-state index is 0.421. The number of allylic oxidation sites excluding steroid dienone is 1. The third-order valence-corrected chi connectivity index (χ3v) is 1.64. The largest absolute Gasteiger partial charge is 0.328 e. The van der Waals surface area contributed by atoms with E-state index in [0.29, 0.717) is 6.04 Å². The summed E-state index contributed by atoms with van der Waals surface area (Å²) in [5.41, 5.74) is 5.79. The van der Waals surface area contributed by atoms with Crippen LogP contribution in [0.3, 0.4) is 0 Å². The molecule has 0 bridgehead atoms. The van der Waals surface area contributed by atoms with Crippen molar-refractivity contribution in [3.63, 3.8) is 0 Å². The van der Waals surface area contributed by atoms with Gasteiger partial charge in [-0.3, -0.25) is 0 Å². The zero-order chi connectivity index (χ0) is 7.82. The summed E-state index contributed by atoms with van der Waals surface area (Å²) < 4.78 is 0. The molecule has 1 heteroatoms. The van der Waals surface area contributed by atoms with Crippen molar-refractivity contribution in [3.05, 3.63) is 12.7 Å². The standard InChI is InChI=1S/C9H19N/c1-3-5-6-8-9(10)7-4-2/h3,9H,1,4-8,10H2,2H3/t9-/m1/s1. The van der Waals surface area contributed by atoms with E-state index >= 15 is 0 Å². The Bertz CT molecular complexity index is 78.8. The average Bonchev–Trinajstić information content (AvgIpc) is 1.89. The first-order chi connectivity index (χ1) is 4.81. The summed E-state index contributed by atoms with van der Waals surface area (Å²) >= 11 is 0. The van der Waals surface area contributed by atoms with E-state index in [-0.39, 0.29) is 0 Å². The fraction of sp³-hybridized carbons (Fsp3) is 0.778. The van der Waals surface area contributed by atoms with Gasteiger partial charge >= 0.3 is 0 Å². The van der Waals surface area contributed by atoms with E-state index in [4.69, 9.17) is 5.73 Å². The van der Waals surface area contributed by atoms with Crippen molar-refractivity contribution in [2.75, 3.05) is 0 Å². The van der Waals surface area contributed by atoms with Crippen LogP contribution in [0.5, 0.6) is 0 Å². The second-order valence-electron chi connectivity index (χ2n) is 2.77. The lowest BCUT2D eigenvalue weighted by molar-refractivity contribution is 0.542. The number of hydrogen-bond acceptors (Lipinski definition) is 1. The maximum Gasteiger partial charge on any atom is 0.00388 e. The third kappa shape index (κ3) is 5.83. The highest BCUT2D eigenvalue weighted by Crippen LogP contribution is 2.03. The number of unbranched alkanes of at least 4 members (excludes halogenated alkanes) is 1. The summed E-state index contributed by atoms with van der Waals surface area (Å²) in [5, 5.41) is 0. The fourth-order valence-electron chi connectivity index (χ4n) is 1.04. The van der Waals surface area contributed by atoms with Crippen LogP contribution in [0, 0.1) is 0 Å². The van der Waals surface area contributed by atoms with Crippen LogP contribution in [0.1, 0.15) is 39.0 Å². The first kappa shape index (κ1) is 9.70. The normalized spacial score (nSPS) is 13.0. The third-order valence-electron chi connectivity index (χ3n) is 1.64. The molecule has 0 aliphatic heterocycles. The highest BCUT2D eigenvalue weighted by molar-refractivity contribution is 4.68. The van der Waals surface area contributed by atoms with Crippen molar-refractivity contribution in [1.29, 1.82) is 0 Å². The lowest BCUT2D eigenvalue weighted by Crippen LogP contribution is -2.18. The Hall–Kier alpha value is -0.300. The summed E-state index contributed by atoms with van der Waals surface area (Å²) in [5.74, 6) is 0. The maximum absolute atomic E-state index is 5.79. The SMILES string of the molecule is C=CCCC[C@H](N)CCC.